The molecular weight excluding hydrogens is 402 g/mol. The molecule has 3 aromatic rings. The van der Waals surface area contributed by atoms with Crippen LogP contribution in [0.4, 0.5) is 0 Å². The largest absolute Gasteiger partial charge is 0.465 e. The lowest BCUT2D eigenvalue weighted by molar-refractivity contribution is -0.120. The second-order valence-electron chi connectivity index (χ2n) is 6.99. The molecule has 0 spiro atoms. The second kappa shape index (κ2) is 8.71. The molecule has 0 saturated carbocycles. The number of thioether (sulfide) groups is 1. The minimum Gasteiger partial charge on any atom is -0.465 e. The minimum absolute atomic E-state index is 0.0465. The van der Waals surface area contributed by atoms with E-state index in [4.69, 9.17) is 4.74 Å². The van der Waals surface area contributed by atoms with Crippen LogP contribution < -0.4 is 10.9 Å². The van der Waals surface area contributed by atoms with Crippen LogP contribution in [-0.4, -0.2) is 40.3 Å². The predicted octanol–water partition coefficient (Wildman–Crippen LogP) is 2.93. The van der Waals surface area contributed by atoms with Gasteiger partial charge in [0, 0.05) is 6.54 Å². The lowest BCUT2D eigenvalue weighted by Gasteiger charge is -2.17. The maximum Gasteiger partial charge on any atom is 0.337 e. The first-order valence-corrected chi connectivity index (χ1v) is 10.6. The maximum atomic E-state index is 13.4. The van der Waals surface area contributed by atoms with Crippen molar-refractivity contribution in [1.29, 1.82) is 0 Å². The van der Waals surface area contributed by atoms with Gasteiger partial charge >= 0.3 is 5.97 Å². The Labute approximate surface area is 177 Å². The van der Waals surface area contributed by atoms with Crippen molar-refractivity contribution in [2.75, 3.05) is 13.7 Å². The average molecular weight is 423 g/mol. The Bertz CT molecular complexity index is 1160. The van der Waals surface area contributed by atoms with Gasteiger partial charge in [-0.15, -0.1) is 0 Å². The molecule has 1 aliphatic heterocycles. The topological polar surface area (TPSA) is 90.3 Å². The van der Waals surface area contributed by atoms with Crippen LogP contribution in [0.5, 0.6) is 0 Å². The van der Waals surface area contributed by atoms with Gasteiger partial charge in [-0.3, -0.25) is 14.2 Å². The number of benzene rings is 2. The molecule has 4 rings (SSSR count). The van der Waals surface area contributed by atoms with Gasteiger partial charge in [0.25, 0.3) is 5.56 Å². The molecule has 30 heavy (non-hydrogen) atoms. The van der Waals surface area contributed by atoms with E-state index in [1.165, 1.54) is 23.4 Å². The van der Waals surface area contributed by atoms with Crippen LogP contribution in [0.1, 0.15) is 29.6 Å². The number of para-hydroxylation sites is 1. The Kier molecular flexibility index (Phi) is 5.85. The van der Waals surface area contributed by atoms with Crippen LogP contribution in [-0.2, 0) is 9.53 Å². The van der Waals surface area contributed by atoms with Gasteiger partial charge < -0.3 is 10.1 Å². The van der Waals surface area contributed by atoms with Crippen LogP contribution in [0.15, 0.2) is 58.5 Å². The maximum absolute atomic E-state index is 13.4. The Balaban J connectivity index is 1.89. The van der Waals surface area contributed by atoms with Crippen molar-refractivity contribution in [2.45, 2.75) is 29.7 Å². The number of nitrogens with zero attached hydrogens (tertiary/aromatic N) is 2. The SMILES string of the molecule is COC(=O)c1ccc2c(=O)n(-c3ccccc3)c(S[C@@H]3CCCCNC3=O)nc2c1. The van der Waals surface area contributed by atoms with E-state index in [-0.39, 0.29) is 16.7 Å². The molecule has 8 heteroatoms. The molecule has 1 N–H and O–H groups in total. The van der Waals surface area contributed by atoms with Gasteiger partial charge in [-0.05, 0) is 43.2 Å². The van der Waals surface area contributed by atoms with E-state index >= 15 is 0 Å². The van der Waals surface area contributed by atoms with Crippen molar-refractivity contribution in [3.63, 3.8) is 0 Å². The van der Waals surface area contributed by atoms with Crippen LogP contribution in [0.2, 0.25) is 0 Å². The number of carbonyl (C=O) groups is 2. The summed E-state index contributed by atoms with van der Waals surface area (Å²) in [5, 5.41) is 3.39. The number of hydrogen-bond acceptors (Lipinski definition) is 6. The number of esters is 1. The Morgan fingerprint density at radius 3 is 2.73 bits per heavy atom. The van der Waals surface area contributed by atoms with Gasteiger partial charge in [0.2, 0.25) is 5.91 Å². The van der Waals surface area contributed by atoms with Crippen molar-refractivity contribution in [2.24, 2.45) is 0 Å². The average Bonchev–Trinajstić information content (AvgIpc) is 2.97. The number of methoxy groups -OCH3 is 1. The molecule has 1 aromatic heterocycles. The third kappa shape index (κ3) is 3.95. The van der Waals surface area contributed by atoms with Crippen molar-refractivity contribution in [1.82, 2.24) is 14.9 Å². The minimum atomic E-state index is -0.497. The summed E-state index contributed by atoms with van der Waals surface area (Å²) >= 11 is 1.28. The molecule has 1 atom stereocenters. The molecule has 0 unspecified atom stereocenters. The summed E-state index contributed by atoms with van der Waals surface area (Å²) in [5.41, 5.74) is 1.13. The van der Waals surface area contributed by atoms with Gasteiger partial charge in [0.05, 0.1) is 34.5 Å². The lowest BCUT2D eigenvalue weighted by atomic mass is 10.1. The van der Waals surface area contributed by atoms with Gasteiger partial charge in [-0.1, -0.05) is 36.4 Å². The van der Waals surface area contributed by atoms with Gasteiger partial charge in [-0.25, -0.2) is 9.78 Å². The molecular formula is C22H21N3O4S. The number of aromatic nitrogens is 2. The smallest absolute Gasteiger partial charge is 0.337 e. The highest BCUT2D eigenvalue weighted by molar-refractivity contribution is 8.00. The van der Waals surface area contributed by atoms with Crippen molar-refractivity contribution < 1.29 is 14.3 Å². The normalized spacial score (nSPS) is 16.7. The van der Waals surface area contributed by atoms with Crippen molar-refractivity contribution in [3.8, 4) is 5.69 Å². The predicted molar refractivity (Wildman–Crippen MR) is 115 cm³/mol. The number of amides is 1. The number of nitrogens with one attached hydrogen (secondary N) is 1. The molecule has 2 aromatic carbocycles. The van der Waals surface area contributed by atoms with Gasteiger partial charge in [0.1, 0.15) is 0 Å². The van der Waals surface area contributed by atoms with E-state index in [9.17, 15) is 14.4 Å². The number of carbonyl (C=O) groups excluding carboxylic acids is 2. The van der Waals surface area contributed by atoms with Crippen LogP contribution in [0, 0.1) is 0 Å². The summed E-state index contributed by atoms with van der Waals surface area (Å²) in [6.45, 7) is 0.662. The summed E-state index contributed by atoms with van der Waals surface area (Å²) in [4.78, 5) is 42.5. The first-order valence-electron chi connectivity index (χ1n) is 9.73. The first-order chi connectivity index (χ1) is 14.6. The summed E-state index contributed by atoms with van der Waals surface area (Å²) in [7, 11) is 1.30. The second-order valence-corrected chi connectivity index (χ2v) is 8.16. The van der Waals surface area contributed by atoms with E-state index < -0.39 is 5.97 Å². The van der Waals surface area contributed by atoms with Gasteiger partial charge in [-0.2, -0.15) is 0 Å². The first kappa shape index (κ1) is 20.2. The third-order valence-electron chi connectivity index (χ3n) is 5.01. The van der Waals surface area contributed by atoms with Crippen molar-refractivity contribution >= 4 is 34.5 Å². The number of fused-ring (bicyclic) bond motifs is 1. The fourth-order valence-corrected chi connectivity index (χ4v) is 4.62. The Morgan fingerprint density at radius 2 is 1.97 bits per heavy atom. The molecule has 1 saturated heterocycles. The quantitative estimate of drug-likeness (QED) is 0.513. The van der Waals surface area contributed by atoms with Crippen LogP contribution in [0.25, 0.3) is 16.6 Å². The Hall–Kier alpha value is -3.13. The zero-order valence-electron chi connectivity index (χ0n) is 16.5. The fraction of sp³-hybridized carbons (Fsp3) is 0.273. The molecule has 1 amide bonds. The van der Waals surface area contributed by atoms with E-state index in [0.717, 1.165) is 12.8 Å². The molecule has 0 bridgehead atoms. The monoisotopic (exact) mass is 423 g/mol. The van der Waals surface area contributed by atoms with E-state index in [0.29, 0.717) is 40.3 Å². The van der Waals surface area contributed by atoms with E-state index in [1.807, 2.05) is 30.3 Å². The van der Waals surface area contributed by atoms with Gasteiger partial charge in [0.15, 0.2) is 5.16 Å². The highest BCUT2D eigenvalue weighted by Gasteiger charge is 2.25. The van der Waals surface area contributed by atoms with Crippen LogP contribution in [0.3, 0.4) is 0 Å². The molecule has 0 radical (unpaired) electrons. The number of ether oxygens (including phenoxy) is 1. The molecule has 1 aliphatic rings. The molecule has 0 aliphatic carbocycles. The number of hydrogen-bond donors (Lipinski definition) is 1. The molecule has 154 valence electrons. The standard InChI is InChI=1S/C22H21N3O4S/c1-29-21(28)14-10-11-16-17(13-14)24-22(30-18-9-5-6-12-23-19(18)26)25(20(16)27)15-7-3-2-4-8-15/h2-4,7-8,10-11,13,18H,5-6,9,12H2,1H3,(H,23,26)/t18-/m1/s1. The highest BCUT2D eigenvalue weighted by Crippen LogP contribution is 2.29. The summed E-state index contributed by atoms with van der Waals surface area (Å²) in [6, 6.07) is 13.9. The summed E-state index contributed by atoms with van der Waals surface area (Å²) in [5.74, 6) is -0.543. The molecule has 7 nitrogen and oxygen atoms in total. The highest BCUT2D eigenvalue weighted by atomic mass is 32.2. The summed E-state index contributed by atoms with van der Waals surface area (Å²) < 4.78 is 6.31. The fourth-order valence-electron chi connectivity index (χ4n) is 3.44. The zero-order valence-corrected chi connectivity index (χ0v) is 17.3. The number of rotatable bonds is 4. The third-order valence-corrected chi connectivity index (χ3v) is 6.23. The van der Waals surface area contributed by atoms with Crippen LogP contribution >= 0.6 is 11.8 Å². The lowest BCUT2D eigenvalue weighted by Crippen LogP contribution is -2.31. The summed E-state index contributed by atoms with van der Waals surface area (Å²) in [6.07, 6.45) is 2.56. The molecule has 1 fully saturated rings. The Morgan fingerprint density at radius 1 is 1.17 bits per heavy atom. The van der Waals surface area contributed by atoms with E-state index in [2.05, 4.69) is 10.3 Å². The van der Waals surface area contributed by atoms with Crippen molar-refractivity contribution in [3.05, 3.63) is 64.4 Å². The van der Waals surface area contributed by atoms with E-state index in [1.54, 1.807) is 18.2 Å². The zero-order chi connectivity index (χ0) is 21.1. The molecule has 2 heterocycles.